The Morgan fingerprint density at radius 3 is 2.45 bits per heavy atom. The first kappa shape index (κ1) is 20.6. The molecule has 9 heteroatoms. The van der Waals surface area contributed by atoms with E-state index in [9.17, 15) is 9.59 Å². The van der Waals surface area contributed by atoms with Gasteiger partial charge in [0.05, 0.1) is 27.8 Å². The van der Waals surface area contributed by atoms with Gasteiger partial charge in [-0.05, 0) is 37.3 Å². The minimum absolute atomic E-state index is 0.193. The molecule has 0 atom stereocenters. The maximum atomic E-state index is 12.5. The van der Waals surface area contributed by atoms with Gasteiger partial charge in [-0.15, -0.1) is 0 Å². The molecule has 29 heavy (non-hydrogen) atoms. The lowest BCUT2D eigenvalue weighted by atomic mass is 10.2. The SMILES string of the molecule is CCOC(=O)c1ccc(Nc2cc(NC(=O)c3c(Cl)cccc3Cl)ccn2)nc1. The quantitative estimate of drug-likeness (QED) is 0.536. The summed E-state index contributed by atoms with van der Waals surface area (Å²) in [5.41, 5.74) is 1.04. The van der Waals surface area contributed by atoms with Crippen LogP contribution < -0.4 is 10.6 Å². The van der Waals surface area contributed by atoms with Crippen LogP contribution in [-0.4, -0.2) is 28.5 Å². The molecule has 0 saturated heterocycles. The summed E-state index contributed by atoms with van der Waals surface area (Å²) in [5.74, 6) is 0.0508. The largest absolute Gasteiger partial charge is 0.462 e. The molecule has 0 aliphatic carbocycles. The first-order valence-electron chi connectivity index (χ1n) is 8.59. The standard InChI is InChI=1S/C20H16Cl2N4O3/c1-2-29-20(28)12-6-7-16(24-11-12)26-17-10-13(8-9-23-17)25-19(27)18-14(21)4-3-5-15(18)22/h3-11H,2H2,1H3,(H2,23,24,25,26,27). The van der Waals surface area contributed by atoms with Gasteiger partial charge in [-0.25, -0.2) is 14.8 Å². The summed E-state index contributed by atoms with van der Waals surface area (Å²) in [6, 6.07) is 11.3. The Labute approximate surface area is 177 Å². The third-order valence-electron chi connectivity index (χ3n) is 3.74. The van der Waals surface area contributed by atoms with E-state index in [0.29, 0.717) is 29.5 Å². The normalized spacial score (nSPS) is 10.3. The van der Waals surface area contributed by atoms with Gasteiger partial charge in [0, 0.05) is 24.1 Å². The van der Waals surface area contributed by atoms with E-state index in [2.05, 4.69) is 20.6 Å². The smallest absolute Gasteiger partial charge is 0.339 e. The number of carbonyl (C=O) groups is 2. The number of nitrogens with one attached hydrogen (secondary N) is 2. The van der Waals surface area contributed by atoms with Crippen molar-refractivity contribution >= 4 is 52.4 Å². The predicted octanol–water partition coefficient (Wildman–Crippen LogP) is 4.96. The van der Waals surface area contributed by atoms with Gasteiger partial charge in [0.25, 0.3) is 5.91 Å². The van der Waals surface area contributed by atoms with Gasteiger partial charge in [0.1, 0.15) is 11.6 Å². The number of ether oxygens (including phenoxy) is 1. The lowest BCUT2D eigenvalue weighted by molar-refractivity contribution is 0.0526. The second-order valence-electron chi connectivity index (χ2n) is 5.76. The maximum absolute atomic E-state index is 12.5. The minimum Gasteiger partial charge on any atom is -0.462 e. The van der Waals surface area contributed by atoms with Gasteiger partial charge in [0.15, 0.2) is 0 Å². The van der Waals surface area contributed by atoms with Crippen LogP contribution in [0.4, 0.5) is 17.3 Å². The third kappa shape index (κ3) is 5.22. The molecule has 2 N–H and O–H groups in total. The van der Waals surface area contributed by atoms with Gasteiger partial charge in [-0.1, -0.05) is 29.3 Å². The first-order chi connectivity index (χ1) is 14.0. The van der Waals surface area contributed by atoms with E-state index in [1.807, 2.05) is 0 Å². The molecule has 2 heterocycles. The number of esters is 1. The molecule has 0 fully saturated rings. The molecule has 1 aromatic carbocycles. The molecule has 7 nitrogen and oxygen atoms in total. The summed E-state index contributed by atoms with van der Waals surface area (Å²) in [4.78, 5) is 32.5. The van der Waals surface area contributed by atoms with E-state index >= 15 is 0 Å². The number of aromatic nitrogens is 2. The Bertz CT molecular complexity index is 1020. The van der Waals surface area contributed by atoms with E-state index in [1.54, 1.807) is 49.4 Å². The number of hydrogen-bond donors (Lipinski definition) is 2. The zero-order chi connectivity index (χ0) is 20.8. The molecule has 148 valence electrons. The van der Waals surface area contributed by atoms with Crippen LogP contribution in [0.1, 0.15) is 27.6 Å². The zero-order valence-corrected chi connectivity index (χ0v) is 16.8. The summed E-state index contributed by atoms with van der Waals surface area (Å²) in [6.45, 7) is 2.03. The van der Waals surface area contributed by atoms with E-state index in [1.165, 1.54) is 12.4 Å². The van der Waals surface area contributed by atoms with Gasteiger partial charge in [-0.3, -0.25) is 4.79 Å². The molecule has 0 unspecified atom stereocenters. The number of rotatable bonds is 6. The Hall–Kier alpha value is -3.16. The number of amides is 1. The Morgan fingerprint density at radius 1 is 1.03 bits per heavy atom. The number of halogens is 2. The molecular weight excluding hydrogens is 415 g/mol. The van der Waals surface area contributed by atoms with Gasteiger partial charge in [0.2, 0.25) is 0 Å². The molecule has 0 radical (unpaired) electrons. The molecular formula is C20H16Cl2N4O3. The highest BCUT2D eigenvalue weighted by Crippen LogP contribution is 2.25. The Balaban J connectivity index is 1.71. The summed E-state index contributed by atoms with van der Waals surface area (Å²) in [5, 5.41) is 6.25. The van der Waals surface area contributed by atoms with Crippen molar-refractivity contribution in [1.29, 1.82) is 0 Å². The molecule has 0 bridgehead atoms. The maximum Gasteiger partial charge on any atom is 0.339 e. The van der Waals surface area contributed by atoms with Crippen molar-refractivity contribution in [3.8, 4) is 0 Å². The van der Waals surface area contributed by atoms with Crippen molar-refractivity contribution < 1.29 is 14.3 Å². The van der Waals surface area contributed by atoms with Crippen LogP contribution in [0, 0.1) is 0 Å². The molecule has 1 amide bonds. The molecule has 0 saturated carbocycles. The summed E-state index contributed by atoms with van der Waals surface area (Å²) >= 11 is 12.1. The summed E-state index contributed by atoms with van der Waals surface area (Å²) in [7, 11) is 0. The highest BCUT2D eigenvalue weighted by molar-refractivity contribution is 6.40. The van der Waals surface area contributed by atoms with Crippen molar-refractivity contribution in [3.63, 3.8) is 0 Å². The lowest BCUT2D eigenvalue weighted by Gasteiger charge is -2.10. The lowest BCUT2D eigenvalue weighted by Crippen LogP contribution is -2.13. The third-order valence-corrected chi connectivity index (χ3v) is 4.37. The molecule has 3 aromatic rings. The van der Waals surface area contributed by atoms with Crippen molar-refractivity contribution in [1.82, 2.24) is 9.97 Å². The fourth-order valence-electron chi connectivity index (χ4n) is 2.42. The van der Waals surface area contributed by atoms with Crippen LogP contribution in [-0.2, 0) is 4.74 Å². The topological polar surface area (TPSA) is 93.2 Å². The van der Waals surface area contributed by atoms with Crippen molar-refractivity contribution in [2.24, 2.45) is 0 Å². The van der Waals surface area contributed by atoms with E-state index < -0.39 is 11.9 Å². The molecule has 0 aliphatic rings. The summed E-state index contributed by atoms with van der Waals surface area (Å²) < 4.78 is 4.92. The van der Waals surface area contributed by atoms with Crippen LogP contribution in [0.25, 0.3) is 0 Å². The highest BCUT2D eigenvalue weighted by atomic mass is 35.5. The average Bonchev–Trinajstić information content (AvgIpc) is 2.69. The van der Waals surface area contributed by atoms with Crippen LogP contribution in [0.15, 0.2) is 54.9 Å². The minimum atomic E-state index is -0.437. The molecule has 2 aromatic heterocycles. The van der Waals surface area contributed by atoms with Crippen LogP contribution in [0.5, 0.6) is 0 Å². The van der Waals surface area contributed by atoms with Gasteiger partial charge >= 0.3 is 5.97 Å². The zero-order valence-electron chi connectivity index (χ0n) is 15.3. The number of pyridine rings is 2. The summed E-state index contributed by atoms with van der Waals surface area (Å²) in [6.07, 6.45) is 2.94. The number of hydrogen-bond acceptors (Lipinski definition) is 6. The number of nitrogens with zero attached hydrogens (tertiary/aromatic N) is 2. The average molecular weight is 431 g/mol. The number of carbonyl (C=O) groups excluding carboxylic acids is 2. The van der Waals surface area contributed by atoms with E-state index in [-0.39, 0.29) is 15.6 Å². The second-order valence-corrected chi connectivity index (χ2v) is 6.57. The molecule has 3 rings (SSSR count). The Kier molecular flexibility index (Phi) is 6.64. The fraction of sp³-hybridized carbons (Fsp3) is 0.100. The fourth-order valence-corrected chi connectivity index (χ4v) is 2.99. The Morgan fingerprint density at radius 2 is 1.79 bits per heavy atom. The van der Waals surface area contributed by atoms with Gasteiger partial charge < -0.3 is 15.4 Å². The van der Waals surface area contributed by atoms with Crippen LogP contribution >= 0.6 is 23.2 Å². The van der Waals surface area contributed by atoms with E-state index in [0.717, 1.165) is 0 Å². The van der Waals surface area contributed by atoms with Gasteiger partial charge in [-0.2, -0.15) is 0 Å². The number of benzene rings is 1. The van der Waals surface area contributed by atoms with Crippen LogP contribution in [0.2, 0.25) is 10.0 Å². The van der Waals surface area contributed by atoms with Crippen molar-refractivity contribution in [2.75, 3.05) is 17.2 Å². The first-order valence-corrected chi connectivity index (χ1v) is 9.35. The van der Waals surface area contributed by atoms with Crippen molar-refractivity contribution in [3.05, 3.63) is 76.0 Å². The monoisotopic (exact) mass is 430 g/mol. The number of anilines is 3. The van der Waals surface area contributed by atoms with E-state index in [4.69, 9.17) is 27.9 Å². The van der Waals surface area contributed by atoms with Crippen LogP contribution in [0.3, 0.4) is 0 Å². The molecule has 0 spiro atoms. The second kappa shape index (κ2) is 9.36. The predicted molar refractivity (Wildman–Crippen MR) is 112 cm³/mol. The molecule has 0 aliphatic heterocycles. The van der Waals surface area contributed by atoms with Crippen molar-refractivity contribution in [2.45, 2.75) is 6.92 Å². The highest BCUT2D eigenvalue weighted by Gasteiger charge is 2.15.